The molecule has 1 amide bonds. The van der Waals surface area contributed by atoms with Gasteiger partial charge in [-0.05, 0) is 69.2 Å². The Kier molecular flexibility index (Phi) is 6.87. The summed E-state index contributed by atoms with van der Waals surface area (Å²) in [5.41, 5.74) is 2.05. The smallest absolute Gasteiger partial charge is 0.257 e. The van der Waals surface area contributed by atoms with Gasteiger partial charge in [0.05, 0.1) is 10.1 Å². The summed E-state index contributed by atoms with van der Waals surface area (Å²) >= 11 is 1.14. The summed E-state index contributed by atoms with van der Waals surface area (Å²) in [6.07, 6.45) is 2.78. The van der Waals surface area contributed by atoms with Gasteiger partial charge < -0.3 is 9.73 Å². The number of benzene rings is 2. The summed E-state index contributed by atoms with van der Waals surface area (Å²) in [6.45, 7) is 4.28. The van der Waals surface area contributed by atoms with Crippen molar-refractivity contribution in [3.8, 4) is 0 Å². The predicted octanol–water partition coefficient (Wildman–Crippen LogP) is 4.32. The van der Waals surface area contributed by atoms with E-state index in [0.29, 0.717) is 35.4 Å². The zero-order valence-electron chi connectivity index (χ0n) is 18.4. The number of piperidine rings is 1. The average molecular weight is 488 g/mol. The van der Waals surface area contributed by atoms with E-state index in [1.165, 1.54) is 23.4 Å². The topological polar surface area (TPSA) is 110 Å². The van der Waals surface area contributed by atoms with E-state index >= 15 is 0 Å². The second-order valence-corrected chi connectivity index (χ2v) is 11.2. The fourth-order valence-electron chi connectivity index (χ4n) is 3.59. The SMILES string of the molecule is CC(=O)c1ccc(NC(=O)[C@H](C)Sc2nc3cc(S(=O)(=O)N4CCCCC4)ccc3o2)cc1. The van der Waals surface area contributed by atoms with Gasteiger partial charge in [0.15, 0.2) is 11.4 Å². The number of fused-ring (bicyclic) bond motifs is 1. The van der Waals surface area contributed by atoms with Gasteiger partial charge in [0.25, 0.3) is 5.22 Å². The van der Waals surface area contributed by atoms with E-state index in [9.17, 15) is 18.0 Å². The third kappa shape index (κ3) is 5.29. The molecule has 0 aliphatic carbocycles. The molecule has 1 aromatic heterocycles. The van der Waals surface area contributed by atoms with Gasteiger partial charge in [-0.25, -0.2) is 13.4 Å². The lowest BCUT2D eigenvalue weighted by atomic mass is 10.1. The summed E-state index contributed by atoms with van der Waals surface area (Å²) in [5.74, 6) is -0.286. The molecule has 2 heterocycles. The molecule has 0 unspecified atom stereocenters. The molecule has 0 radical (unpaired) electrons. The van der Waals surface area contributed by atoms with Gasteiger partial charge in [-0.1, -0.05) is 18.2 Å². The van der Waals surface area contributed by atoms with Gasteiger partial charge in [0.1, 0.15) is 5.52 Å². The van der Waals surface area contributed by atoms with Gasteiger partial charge >= 0.3 is 0 Å². The van der Waals surface area contributed by atoms with Crippen LogP contribution in [-0.2, 0) is 14.8 Å². The number of sulfonamides is 1. The van der Waals surface area contributed by atoms with Gasteiger partial charge in [0.2, 0.25) is 15.9 Å². The zero-order chi connectivity index (χ0) is 23.6. The first-order valence-corrected chi connectivity index (χ1v) is 13.1. The van der Waals surface area contributed by atoms with Crippen LogP contribution in [0.1, 0.15) is 43.5 Å². The molecule has 1 aliphatic rings. The first kappa shape index (κ1) is 23.5. The van der Waals surface area contributed by atoms with Crippen LogP contribution in [-0.4, -0.2) is 47.7 Å². The first-order chi connectivity index (χ1) is 15.7. The number of ketones is 1. The van der Waals surface area contributed by atoms with Crippen molar-refractivity contribution in [1.29, 1.82) is 0 Å². The highest BCUT2D eigenvalue weighted by Crippen LogP contribution is 2.30. The van der Waals surface area contributed by atoms with Crippen LogP contribution in [0.4, 0.5) is 5.69 Å². The molecule has 4 rings (SSSR count). The largest absolute Gasteiger partial charge is 0.431 e. The normalized spacial score (nSPS) is 15.9. The number of hydrogen-bond acceptors (Lipinski definition) is 7. The van der Waals surface area contributed by atoms with Gasteiger partial charge in [-0.3, -0.25) is 9.59 Å². The molecular formula is C23H25N3O5S2. The minimum Gasteiger partial charge on any atom is -0.431 e. The lowest BCUT2D eigenvalue weighted by molar-refractivity contribution is -0.115. The third-order valence-corrected chi connectivity index (χ3v) is 8.34. The Balaban J connectivity index is 1.45. The number of hydrogen-bond donors (Lipinski definition) is 1. The van der Waals surface area contributed by atoms with Crippen molar-refractivity contribution in [2.24, 2.45) is 0 Å². The first-order valence-electron chi connectivity index (χ1n) is 10.7. The average Bonchev–Trinajstić information content (AvgIpc) is 3.21. The van der Waals surface area contributed by atoms with Crippen molar-refractivity contribution in [3.05, 3.63) is 48.0 Å². The Hall–Kier alpha value is -2.69. The molecular weight excluding hydrogens is 462 g/mol. The third-order valence-electron chi connectivity index (χ3n) is 5.50. The number of rotatable bonds is 7. The second kappa shape index (κ2) is 9.66. The number of nitrogens with zero attached hydrogens (tertiary/aromatic N) is 2. The Morgan fingerprint density at radius 1 is 1.09 bits per heavy atom. The molecule has 33 heavy (non-hydrogen) atoms. The van der Waals surface area contributed by atoms with Crippen LogP contribution in [0.3, 0.4) is 0 Å². The molecule has 0 bridgehead atoms. The number of thioether (sulfide) groups is 1. The van der Waals surface area contributed by atoms with Crippen molar-refractivity contribution in [2.75, 3.05) is 18.4 Å². The van der Waals surface area contributed by atoms with Crippen molar-refractivity contribution < 1.29 is 22.4 Å². The Morgan fingerprint density at radius 2 is 1.79 bits per heavy atom. The second-order valence-electron chi connectivity index (χ2n) is 7.96. The van der Waals surface area contributed by atoms with Gasteiger partial charge in [-0.2, -0.15) is 4.31 Å². The molecule has 1 aliphatic heterocycles. The minimum atomic E-state index is -3.56. The summed E-state index contributed by atoms with van der Waals surface area (Å²) in [7, 11) is -3.56. The molecule has 2 aromatic carbocycles. The maximum absolute atomic E-state index is 12.9. The van der Waals surface area contributed by atoms with Crippen molar-refractivity contribution in [2.45, 2.75) is 48.5 Å². The van der Waals surface area contributed by atoms with E-state index in [4.69, 9.17) is 4.42 Å². The number of Topliss-reactive ketones (excluding diaryl/α,β-unsaturated/α-hetero) is 1. The molecule has 1 atom stereocenters. The molecule has 10 heteroatoms. The number of aromatic nitrogens is 1. The van der Waals surface area contributed by atoms with E-state index in [1.807, 2.05) is 0 Å². The molecule has 0 saturated carbocycles. The van der Waals surface area contributed by atoms with E-state index in [-0.39, 0.29) is 21.8 Å². The van der Waals surface area contributed by atoms with Crippen LogP contribution in [0.15, 0.2) is 57.0 Å². The van der Waals surface area contributed by atoms with Gasteiger partial charge in [0, 0.05) is 24.3 Å². The zero-order valence-corrected chi connectivity index (χ0v) is 20.0. The summed E-state index contributed by atoms with van der Waals surface area (Å²) in [4.78, 5) is 28.5. The van der Waals surface area contributed by atoms with Crippen LogP contribution in [0.2, 0.25) is 0 Å². The van der Waals surface area contributed by atoms with Gasteiger partial charge in [-0.15, -0.1) is 0 Å². The van der Waals surface area contributed by atoms with Crippen LogP contribution in [0, 0.1) is 0 Å². The molecule has 1 saturated heterocycles. The Labute approximate surface area is 196 Å². The molecule has 3 aromatic rings. The molecule has 8 nitrogen and oxygen atoms in total. The number of nitrogens with one attached hydrogen (secondary N) is 1. The van der Waals surface area contributed by atoms with Crippen molar-refractivity contribution in [3.63, 3.8) is 0 Å². The highest BCUT2D eigenvalue weighted by Gasteiger charge is 2.27. The molecule has 1 fully saturated rings. The summed E-state index contributed by atoms with van der Waals surface area (Å²) in [6, 6.07) is 11.3. The summed E-state index contributed by atoms with van der Waals surface area (Å²) < 4.78 is 33.1. The maximum atomic E-state index is 12.9. The number of oxazole rings is 1. The van der Waals surface area contributed by atoms with E-state index < -0.39 is 15.3 Å². The summed E-state index contributed by atoms with van der Waals surface area (Å²) in [5, 5.41) is 2.57. The standard InChI is InChI=1S/C23H25N3O5S2/c1-15(27)17-6-8-18(9-7-17)24-22(28)16(2)32-23-25-20-14-19(10-11-21(20)31-23)33(29,30)26-12-4-3-5-13-26/h6-11,14,16H,3-5,12-13H2,1-2H3,(H,24,28)/t16-/m0/s1. The quantitative estimate of drug-likeness (QED) is 0.390. The fraction of sp³-hybridized carbons (Fsp3) is 0.348. The number of amides is 1. The Bertz CT molecular complexity index is 1280. The fourth-order valence-corrected chi connectivity index (χ4v) is 5.88. The van der Waals surface area contributed by atoms with E-state index in [2.05, 4.69) is 10.3 Å². The lowest BCUT2D eigenvalue weighted by Gasteiger charge is -2.25. The molecule has 1 N–H and O–H groups in total. The minimum absolute atomic E-state index is 0.0420. The number of anilines is 1. The molecule has 0 spiro atoms. The monoisotopic (exact) mass is 487 g/mol. The lowest BCUT2D eigenvalue weighted by Crippen LogP contribution is -2.35. The van der Waals surface area contributed by atoms with Crippen LogP contribution in [0.5, 0.6) is 0 Å². The van der Waals surface area contributed by atoms with E-state index in [1.54, 1.807) is 37.3 Å². The van der Waals surface area contributed by atoms with Crippen LogP contribution < -0.4 is 5.32 Å². The highest BCUT2D eigenvalue weighted by molar-refractivity contribution is 8.00. The number of carbonyl (C=O) groups excluding carboxylic acids is 2. The Morgan fingerprint density at radius 3 is 2.45 bits per heavy atom. The maximum Gasteiger partial charge on any atom is 0.257 e. The predicted molar refractivity (Wildman–Crippen MR) is 127 cm³/mol. The molecule has 174 valence electrons. The van der Waals surface area contributed by atoms with E-state index in [0.717, 1.165) is 31.0 Å². The number of carbonyl (C=O) groups is 2. The highest BCUT2D eigenvalue weighted by atomic mass is 32.2. The van der Waals surface area contributed by atoms with Crippen LogP contribution in [0.25, 0.3) is 11.1 Å². The van der Waals surface area contributed by atoms with Crippen LogP contribution >= 0.6 is 11.8 Å². The van der Waals surface area contributed by atoms with Crippen molar-refractivity contribution in [1.82, 2.24) is 9.29 Å². The van der Waals surface area contributed by atoms with Crippen molar-refractivity contribution >= 4 is 50.3 Å².